The molecule has 0 radical (unpaired) electrons. The van der Waals surface area contributed by atoms with Gasteiger partial charge in [0, 0.05) is 5.69 Å². The molecule has 0 spiro atoms. The van der Waals surface area contributed by atoms with Crippen LogP contribution in [0.4, 0.5) is 5.69 Å². The van der Waals surface area contributed by atoms with E-state index in [1.54, 1.807) is 12.1 Å². The summed E-state index contributed by atoms with van der Waals surface area (Å²) in [7, 11) is -2.27. The van der Waals surface area contributed by atoms with E-state index in [-0.39, 0.29) is 10.3 Å². The number of hydrogen-bond donors (Lipinski definition) is 1. The molecule has 0 bridgehead atoms. The number of nitrogens with one attached hydrogen (secondary N) is 1. The lowest BCUT2D eigenvalue weighted by atomic mass is 9.87. The summed E-state index contributed by atoms with van der Waals surface area (Å²) in [5, 5.41) is 0. The van der Waals surface area contributed by atoms with Gasteiger partial charge in [0.1, 0.15) is 10.6 Å². The van der Waals surface area contributed by atoms with E-state index in [9.17, 15) is 8.42 Å². The van der Waals surface area contributed by atoms with Gasteiger partial charge in [-0.25, -0.2) is 8.42 Å². The molecule has 0 heterocycles. The Kier molecular flexibility index (Phi) is 4.95. The third-order valence-electron chi connectivity index (χ3n) is 3.79. The molecular formula is C19H25NO3S. The van der Waals surface area contributed by atoms with Crippen LogP contribution in [0.25, 0.3) is 0 Å². The van der Waals surface area contributed by atoms with Crippen molar-refractivity contribution >= 4 is 15.7 Å². The zero-order valence-corrected chi connectivity index (χ0v) is 15.9. The lowest BCUT2D eigenvalue weighted by Crippen LogP contribution is -2.17. The maximum absolute atomic E-state index is 12.9. The minimum Gasteiger partial charge on any atom is -0.495 e. The number of benzene rings is 2. The van der Waals surface area contributed by atoms with Gasteiger partial charge in [-0.2, -0.15) is 0 Å². The van der Waals surface area contributed by atoms with Gasteiger partial charge in [0.15, 0.2) is 0 Å². The Morgan fingerprint density at radius 1 is 0.958 bits per heavy atom. The van der Waals surface area contributed by atoms with Crippen molar-refractivity contribution in [2.24, 2.45) is 0 Å². The normalized spacial score (nSPS) is 12.1. The van der Waals surface area contributed by atoms with Crippen LogP contribution in [0.2, 0.25) is 0 Å². The number of anilines is 1. The van der Waals surface area contributed by atoms with Crippen molar-refractivity contribution in [2.75, 3.05) is 11.8 Å². The third-order valence-corrected chi connectivity index (χ3v) is 5.20. The van der Waals surface area contributed by atoms with Crippen molar-refractivity contribution in [2.45, 2.75) is 44.9 Å². The van der Waals surface area contributed by atoms with Crippen LogP contribution in [-0.2, 0) is 15.4 Å². The smallest absolute Gasteiger partial charge is 0.265 e. The largest absolute Gasteiger partial charge is 0.495 e. The van der Waals surface area contributed by atoms with Gasteiger partial charge in [-0.3, -0.25) is 4.72 Å². The minimum absolute atomic E-state index is 0.150. The van der Waals surface area contributed by atoms with E-state index in [1.165, 1.54) is 7.11 Å². The average molecular weight is 347 g/mol. The molecule has 2 rings (SSSR count). The predicted octanol–water partition coefficient (Wildman–Crippen LogP) is 4.41. The molecule has 0 saturated carbocycles. The molecule has 0 aliphatic heterocycles. The summed E-state index contributed by atoms with van der Waals surface area (Å²) in [6, 6.07) is 10.9. The first-order valence-electron chi connectivity index (χ1n) is 7.82. The Morgan fingerprint density at radius 3 is 2.04 bits per heavy atom. The number of ether oxygens (including phenoxy) is 1. The average Bonchev–Trinajstić information content (AvgIpc) is 2.44. The lowest BCUT2D eigenvalue weighted by Gasteiger charge is -2.21. The molecule has 0 saturated heterocycles. The highest BCUT2D eigenvalue weighted by molar-refractivity contribution is 7.92. The molecular weight excluding hydrogens is 322 g/mol. The Bertz CT molecular complexity index is 829. The van der Waals surface area contributed by atoms with E-state index < -0.39 is 10.0 Å². The fourth-order valence-corrected chi connectivity index (χ4v) is 3.83. The van der Waals surface area contributed by atoms with Crippen LogP contribution in [0.15, 0.2) is 41.3 Å². The summed E-state index contributed by atoms with van der Waals surface area (Å²) >= 11 is 0. The molecule has 2 aromatic rings. The molecule has 0 amide bonds. The second-order valence-electron chi connectivity index (χ2n) is 7.10. The highest BCUT2D eigenvalue weighted by Gasteiger charge is 2.23. The maximum atomic E-state index is 12.9. The fraction of sp³-hybridized carbons (Fsp3) is 0.368. The summed E-state index contributed by atoms with van der Waals surface area (Å²) in [6.07, 6.45) is 0. The van der Waals surface area contributed by atoms with Gasteiger partial charge in [0.25, 0.3) is 10.0 Å². The molecule has 2 aromatic carbocycles. The highest BCUT2D eigenvalue weighted by Crippen LogP contribution is 2.32. The Balaban J connectivity index is 2.51. The topological polar surface area (TPSA) is 55.4 Å². The quantitative estimate of drug-likeness (QED) is 0.891. The van der Waals surface area contributed by atoms with Gasteiger partial charge in [-0.1, -0.05) is 32.9 Å². The van der Waals surface area contributed by atoms with Crippen LogP contribution >= 0.6 is 0 Å². The van der Waals surface area contributed by atoms with Crippen molar-refractivity contribution in [3.05, 3.63) is 53.1 Å². The molecule has 130 valence electrons. The molecule has 24 heavy (non-hydrogen) atoms. The van der Waals surface area contributed by atoms with E-state index in [4.69, 9.17) is 4.74 Å². The van der Waals surface area contributed by atoms with Gasteiger partial charge < -0.3 is 4.74 Å². The van der Waals surface area contributed by atoms with Crippen LogP contribution in [0, 0.1) is 13.8 Å². The predicted molar refractivity (Wildman–Crippen MR) is 98.4 cm³/mol. The zero-order chi connectivity index (χ0) is 18.1. The van der Waals surface area contributed by atoms with Crippen LogP contribution in [0.5, 0.6) is 5.75 Å². The van der Waals surface area contributed by atoms with Gasteiger partial charge in [0.05, 0.1) is 7.11 Å². The van der Waals surface area contributed by atoms with Crippen LogP contribution in [-0.4, -0.2) is 15.5 Å². The fourth-order valence-electron chi connectivity index (χ4n) is 2.60. The van der Waals surface area contributed by atoms with Crippen molar-refractivity contribution in [1.82, 2.24) is 0 Å². The van der Waals surface area contributed by atoms with Crippen LogP contribution < -0.4 is 9.46 Å². The zero-order valence-electron chi connectivity index (χ0n) is 15.1. The Hall–Kier alpha value is -2.01. The first kappa shape index (κ1) is 18.3. The second kappa shape index (κ2) is 6.48. The summed E-state index contributed by atoms with van der Waals surface area (Å²) < 4.78 is 33.7. The van der Waals surface area contributed by atoms with Crippen molar-refractivity contribution in [1.29, 1.82) is 0 Å². The Morgan fingerprint density at radius 2 is 1.54 bits per heavy atom. The molecule has 0 fully saturated rings. The number of methoxy groups -OCH3 is 1. The summed E-state index contributed by atoms with van der Waals surface area (Å²) in [6.45, 7) is 10.0. The van der Waals surface area contributed by atoms with Crippen LogP contribution in [0.3, 0.4) is 0 Å². The first-order chi connectivity index (χ1) is 11.0. The number of hydrogen-bond acceptors (Lipinski definition) is 3. The van der Waals surface area contributed by atoms with E-state index >= 15 is 0 Å². The molecule has 0 unspecified atom stereocenters. The van der Waals surface area contributed by atoms with Crippen LogP contribution in [0.1, 0.15) is 37.5 Å². The van der Waals surface area contributed by atoms with Crippen molar-refractivity contribution < 1.29 is 13.2 Å². The third kappa shape index (κ3) is 4.09. The van der Waals surface area contributed by atoms with Gasteiger partial charge >= 0.3 is 0 Å². The summed E-state index contributed by atoms with van der Waals surface area (Å²) in [4.78, 5) is 0.150. The molecule has 0 aliphatic carbocycles. The number of rotatable bonds is 4. The standard InChI is InChI=1S/C19H25NO3S/c1-13-9-14(2)11-16(10-13)20-24(21,22)18-12-15(19(3,4)5)7-8-17(18)23-6/h7-12,20H,1-6H3. The molecule has 4 nitrogen and oxygen atoms in total. The summed E-state index contributed by atoms with van der Waals surface area (Å²) in [5.74, 6) is 0.333. The first-order valence-corrected chi connectivity index (χ1v) is 9.31. The molecule has 0 atom stereocenters. The molecule has 1 N–H and O–H groups in total. The minimum atomic E-state index is -3.75. The van der Waals surface area contributed by atoms with Crippen molar-refractivity contribution in [3.8, 4) is 5.75 Å². The number of aryl methyl sites for hydroxylation is 2. The Labute approximate surface area is 144 Å². The summed E-state index contributed by atoms with van der Waals surface area (Å²) in [5.41, 5.74) is 3.34. The van der Waals surface area contributed by atoms with Gasteiger partial charge in [-0.05, 0) is 60.2 Å². The van der Waals surface area contributed by atoms with E-state index in [0.29, 0.717) is 11.4 Å². The molecule has 5 heteroatoms. The van der Waals surface area contributed by atoms with Crippen molar-refractivity contribution in [3.63, 3.8) is 0 Å². The molecule has 0 aliphatic rings. The maximum Gasteiger partial charge on any atom is 0.265 e. The van der Waals surface area contributed by atoms with E-state index in [1.807, 2.05) is 58.9 Å². The SMILES string of the molecule is COc1ccc(C(C)(C)C)cc1S(=O)(=O)Nc1cc(C)cc(C)c1. The highest BCUT2D eigenvalue weighted by atomic mass is 32.2. The van der Waals surface area contributed by atoms with Gasteiger partial charge in [0.2, 0.25) is 0 Å². The van der Waals surface area contributed by atoms with E-state index in [0.717, 1.165) is 16.7 Å². The lowest BCUT2D eigenvalue weighted by molar-refractivity contribution is 0.402. The monoisotopic (exact) mass is 347 g/mol. The number of sulfonamides is 1. The van der Waals surface area contributed by atoms with Gasteiger partial charge in [-0.15, -0.1) is 0 Å². The van der Waals surface area contributed by atoms with E-state index in [2.05, 4.69) is 4.72 Å². The second-order valence-corrected chi connectivity index (χ2v) is 8.75. The molecule has 0 aromatic heterocycles.